The largest absolute Gasteiger partial charge is 0.477 e. The summed E-state index contributed by atoms with van der Waals surface area (Å²) in [6.07, 6.45) is -31.7. The average Bonchev–Trinajstić information content (AvgIpc) is 3.27. The predicted octanol–water partition coefficient (Wildman–Crippen LogP) is -12.0. The van der Waals surface area contributed by atoms with Gasteiger partial charge >= 0.3 is 17.9 Å². The lowest BCUT2D eigenvalue weighted by Crippen LogP contribution is -2.71. The Labute approximate surface area is 365 Å². The van der Waals surface area contributed by atoms with Crippen molar-refractivity contribution in [2.45, 2.75) is 128 Å². The molecule has 3 fully saturated rings. The number of carbonyl (C=O) groups excluding carboxylic acids is 3. The maximum Gasteiger partial charge on any atom is 0.364 e. The summed E-state index contributed by atoms with van der Waals surface area (Å²) in [4.78, 5) is 74.9. The number of hydrogen-bond acceptors (Lipinski definition) is 25. The third-order valence-electron chi connectivity index (χ3n) is 10.8. The number of ether oxygens (including phenoxy) is 6. The smallest absolute Gasteiger partial charge is 0.364 e. The van der Waals surface area contributed by atoms with Crippen LogP contribution in [0.2, 0.25) is 0 Å². The van der Waals surface area contributed by atoms with Gasteiger partial charge in [-0.3, -0.25) is 14.4 Å². The molecule has 0 radical (unpaired) electrons. The molecule has 3 saturated heterocycles. The molecule has 0 aromatic carbocycles. The van der Waals surface area contributed by atoms with Crippen LogP contribution in [0, 0.1) is 0 Å². The van der Waals surface area contributed by atoms with Crippen molar-refractivity contribution >= 4 is 35.6 Å². The molecule has 0 spiro atoms. The molecule has 0 aromatic rings. The molecule has 0 unspecified atom stereocenters. The summed E-state index contributed by atoms with van der Waals surface area (Å²) in [5, 5.41) is 173. The number of aliphatic hydroxyl groups excluding tert-OH is 13. The molecule has 31 nitrogen and oxygen atoms in total. The van der Waals surface area contributed by atoms with Crippen molar-refractivity contribution in [3.05, 3.63) is 0 Å². The lowest BCUT2D eigenvalue weighted by molar-refractivity contribution is -0.356. The van der Waals surface area contributed by atoms with E-state index in [-0.39, 0.29) is 0 Å². The highest BCUT2D eigenvalue weighted by molar-refractivity contribution is 5.80. The van der Waals surface area contributed by atoms with Gasteiger partial charge in [0.25, 0.3) is 17.4 Å². The van der Waals surface area contributed by atoms with E-state index in [1.807, 2.05) is 10.6 Å². The molecule has 0 aromatic heterocycles. The number of rotatable bonds is 23. The van der Waals surface area contributed by atoms with Gasteiger partial charge in [0.1, 0.15) is 74.8 Å². The molecule has 3 rings (SSSR count). The van der Waals surface area contributed by atoms with Crippen LogP contribution in [0.1, 0.15) is 19.3 Å². The topological polar surface area (TPSA) is 518 Å². The summed E-state index contributed by atoms with van der Waals surface area (Å²) in [6.45, 7) is -7.98. The summed E-state index contributed by atoms with van der Waals surface area (Å²) in [5.41, 5.74) is 0. The van der Waals surface area contributed by atoms with Crippen molar-refractivity contribution in [3.8, 4) is 0 Å². The third kappa shape index (κ3) is 12.2. The predicted molar refractivity (Wildman–Crippen MR) is 197 cm³/mol. The summed E-state index contributed by atoms with van der Waals surface area (Å²) >= 11 is 0. The summed E-state index contributed by atoms with van der Waals surface area (Å²) in [5.74, 6) is -19.7. The first kappa shape index (κ1) is 55.4. The minimum atomic E-state index is -3.45. The van der Waals surface area contributed by atoms with Gasteiger partial charge in [0, 0.05) is 26.4 Å². The van der Waals surface area contributed by atoms with Crippen LogP contribution >= 0.6 is 0 Å². The Morgan fingerprint density at radius 1 is 0.523 bits per heavy atom. The van der Waals surface area contributed by atoms with Gasteiger partial charge < -0.3 is 126 Å². The fourth-order valence-corrected chi connectivity index (χ4v) is 7.52. The van der Waals surface area contributed by atoms with Crippen molar-refractivity contribution in [2.24, 2.45) is 0 Å². The molecule has 18 atom stereocenters. The van der Waals surface area contributed by atoms with Gasteiger partial charge in [0.2, 0.25) is 17.7 Å². The van der Waals surface area contributed by atoms with Gasteiger partial charge in [-0.1, -0.05) is 0 Å². The molecule has 374 valence electrons. The molecule has 3 amide bonds. The van der Waals surface area contributed by atoms with E-state index in [0.717, 1.165) is 7.11 Å². The number of carbonyl (C=O) groups is 6. The second-order valence-corrected chi connectivity index (χ2v) is 15.1. The van der Waals surface area contributed by atoms with E-state index >= 15 is 0 Å². The molecule has 31 heteroatoms. The zero-order valence-corrected chi connectivity index (χ0v) is 34.1. The Balaban J connectivity index is 2.12. The van der Waals surface area contributed by atoms with Crippen molar-refractivity contribution in [2.75, 3.05) is 46.8 Å². The SMILES string of the molecule is CO[C@]1(C(=O)O)C[C@H](O)[C@@H](NC(=O)CO)[C@H]([C@H](O)[C@@H](CO)O[C@]2(C(=O)O)C[C@H](O)[C@@H](NC(=O)CO)[C@H]([C@H](O)[C@@H](CO)O[C@]3(C(=O)O)C[C@H](O)[C@@H](NC(=O)CO)[C@H]([C@H](O)[C@H](O)CO)O3)O2)O1. The highest BCUT2D eigenvalue weighted by Crippen LogP contribution is 2.40. The average molecular weight is 954 g/mol. The van der Waals surface area contributed by atoms with E-state index in [0.29, 0.717) is 0 Å². The fourth-order valence-electron chi connectivity index (χ4n) is 7.52. The minimum absolute atomic E-state index is 0.813. The normalized spacial score (nSPS) is 35.6. The first-order chi connectivity index (χ1) is 30.4. The zero-order chi connectivity index (χ0) is 49.4. The van der Waals surface area contributed by atoms with Crippen LogP contribution in [0.5, 0.6) is 0 Å². The van der Waals surface area contributed by atoms with E-state index in [1.54, 1.807) is 0 Å². The van der Waals surface area contributed by atoms with Gasteiger partial charge in [-0.2, -0.15) is 0 Å². The molecular formula is C34H55N3O28. The summed E-state index contributed by atoms with van der Waals surface area (Å²) < 4.78 is 32.5. The maximum atomic E-state index is 13.1. The van der Waals surface area contributed by atoms with Crippen LogP contribution in [0.3, 0.4) is 0 Å². The number of methoxy groups -OCH3 is 1. The highest BCUT2D eigenvalue weighted by atomic mass is 16.8. The highest BCUT2D eigenvalue weighted by Gasteiger charge is 2.62. The van der Waals surface area contributed by atoms with Crippen LogP contribution in [0.15, 0.2) is 0 Å². The summed E-state index contributed by atoms with van der Waals surface area (Å²) in [7, 11) is 0.813. The van der Waals surface area contributed by atoms with Crippen molar-refractivity contribution in [1.82, 2.24) is 16.0 Å². The van der Waals surface area contributed by atoms with Crippen LogP contribution < -0.4 is 16.0 Å². The first-order valence-electron chi connectivity index (χ1n) is 19.3. The number of hydrogen-bond donors (Lipinski definition) is 19. The van der Waals surface area contributed by atoms with E-state index in [1.165, 1.54) is 0 Å². The minimum Gasteiger partial charge on any atom is -0.477 e. The molecule has 65 heavy (non-hydrogen) atoms. The van der Waals surface area contributed by atoms with Crippen molar-refractivity contribution < 1.29 is 139 Å². The molecule has 3 aliphatic heterocycles. The Bertz CT molecular complexity index is 1660. The Hall–Kier alpha value is -3.94. The molecule has 0 aliphatic carbocycles. The van der Waals surface area contributed by atoms with Gasteiger partial charge in [0.05, 0.1) is 56.3 Å². The lowest BCUT2D eigenvalue weighted by atomic mass is 9.86. The second-order valence-electron chi connectivity index (χ2n) is 15.1. The van der Waals surface area contributed by atoms with Crippen molar-refractivity contribution in [1.29, 1.82) is 0 Å². The van der Waals surface area contributed by atoms with Gasteiger partial charge in [-0.25, -0.2) is 14.4 Å². The van der Waals surface area contributed by atoms with Gasteiger partial charge in [0.15, 0.2) is 0 Å². The molecule has 3 aliphatic rings. The Kier molecular flexibility index (Phi) is 19.8. The molecule has 3 heterocycles. The van der Waals surface area contributed by atoms with Gasteiger partial charge in [-0.05, 0) is 0 Å². The number of aliphatic hydroxyl groups is 13. The van der Waals surface area contributed by atoms with E-state index < -0.39 is 203 Å². The Morgan fingerprint density at radius 3 is 1.08 bits per heavy atom. The second kappa shape index (κ2) is 23.2. The van der Waals surface area contributed by atoms with Crippen LogP contribution in [-0.4, -0.2) is 273 Å². The van der Waals surface area contributed by atoms with Crippen molar-refractivity contribution in [3.63, 3.8) is 0 Å². The number of amides is 3. The number of nitrogens with one attached hydrogen (secondary N) is 3. The van der Waals surface area contributed by atoms with Crippen LogP contribution in [0.25, 0.3) is 0 Å². The third-order valence-corrected chi connectivity index (χ3v) is 10.8. The van der Waals surface area contributed by atoms with E-state index in [2.05, 4.69) is 5.32 Å². The van der Waals surface area contributed by atoms with Crippen LogP contribution in [0.4, 0.5) is 0 Å². The molecule has 0 saturated carbocycles. The standard InChI is InChI=1S/C34H55N3O28/c1-60-32(29(54)55)2-11(44)21(36-18(49)9-42)27(63-32)24(52)15(6-39)62-34(31(58)59)4-13(46)22(37-19(50)10-43)28(65-34)25(53)16(7-40)61-33(30(56)57)3-12(45)20(35-17(48)8-41)26(64-33)23(51)14(47)5-38/h11-16,20-28,38-47,51-53H,2-10H2,1H3,(H,35,48)(H,36,49)(H,37,50)(H,54,55)(H,56,57)(H,58,59)/t11-,12-,13-,14+,15+,16+,20+,21+,22+,23+,24+,25+,26+,27+,28+,32+,33+,34+/m0/s1. The lowest BCUT2D eigenvalue weighted by Gasteiger charge is -2.50. The number of aliphatic carboxylic acids is 3. The Morgan fingerprint density at radius 2 is 0.815 bits per heavy atom. The fraction of sp³-hybridized carbons (Fsp3) is 0.824. The monoisotopic (exact) mass is 953 g/mol. The number of carboxylic acid groups (broad SMARTS) is 3. The quantitative estimate of drug-likeness (QED) is 0.0452. The molecular weight excluding hydrogens is 898 g/mol. The zero-order valence-electron chi connectivity index (χ0n) is 34.1. The van der Waals surface area contributed by atoms with E-state index in [4.69, 9.17) is 28.4 Å². The van der Waals surface area contributed by atoms with Crippen LogP contribution in [-0.2, 0) is 57.2 Å². The van der Waals surface area contributed by atoms with E-state index in [9.17, 15) is 110 Å². The molecule has 0 bridgehead atoms. The molecule has 19 N–H and O–H groups in total. The maximum absolute atomic E-state index is 13.1. The van der Waals surface area contributed by atoms with Gasteiger partial charge in [-0.15, -0.1) is 0 Å². The summed E-state index contributed by atoms with van der Waals surface area (Å²) in [6, 6.07) is -5.82. The first-order valence-corrected chi connectivity index (χ1v) is 19.3. The number of carboxylic acids is 3.